The molecule has 0 amide bonds. The molecule has 0 bridgehead atoms. The SMILES string of the molecule is O=C(O)C1CCn2nc(C3CCOCC3)nc2C1. The lowest BCUT2D eigenvalue weighted by molar-refractivity contribution is -0.142. The molecule has 0 saturated carbocycles. The standard InChI is InChI=1S/C12H17N3O3/c16-12(17)9-1-4-15-10(7-9)13-11(14-15)8-2-5-18-6-3-8/h8-9H,1-7H2,(H,16,17). The number of carboxylic acids is 1. The summed E-state index contributed by atoms with van der Waals surface area (Å²) in [5.41, 5.74) is 0. The van der Waals surface area contributed by atoms with Gasteiger partial charge in [0, 0.05) is 32.1 Å². The van der Waals surface area contributed by atoms with E-state index < -0.39 is 5.97 Å². The number of fused-ring (bicyclic) bond motifs is 1. The molecule has 1 fully saturated rings. The number of nitrogens with zero attached hydrogens (tertiary/aromatic N) is 3. The molecule has 6 nitrogen and oxygen atoms in total. The molecule has 1 aromatic rings. The predicted molar refractivity (Wildman–Crippen MR) is 62.3 cm³/mol. The van der Waals surface area contributed by atoms with Crippen LogP contribution in [0.3, 0.4) is 0 Å². The molecule has 2 aliphatic rings. The van der Waals surface area contributed by atoms with Crippen LogP contribution in [0.5, 0.6) is 0 Å². The smallest absolute Gasteiger partial charge is 0.307 e. The molecular formula is C12H17N3O3. The van der Waals surface area contributed by atoms with Crippen LogP contribution in [0.4, 0.5) is 0 Å². The summed E-state index contributed by atoms with van der Waals surface area (Å²) in [6.07, 6.45) is 3.09. The zero-order valence-electron chi connectivity index (χ0n) is 10.2. The number of carbonyl (C=O) groups is 1. The zero-order valence-corrected chi connectivity index (χ0v) is 10.2. The van der Waals surface area contributed by atoms with Crippen molar-refractivity contribution in [2.75, 3.05) is 13.2 Å². The predicted octanol–water partition coefficient (Wildman–Crippen LogP) is 0.819. The molecule has 1 saturated heterocycles. The Morgan fingerprint density at radius 3 is 2.83 bits per heavy atom. The fourth-order valence-corrected chi connectivity index (χ4v) is 2.66. The van der Waals surface area contributed by atoms with Gasteiger partial charge in [-0.3, -0.25) is 4.79 Å². The maximum atomic E-state index is 11.0. The van der Waals surface area contributed by atoms with Crippen LogP contribution in [0.1, 0.15) is 36.8 Å². The zero-order chi connectivity index (χ0) is 12.5. The number of rotatable bonds is 2. The van der Waals surface area contributed by atoms with Gasteiger partial charge in [0.05, 0.1) is 5.92 Å². The third-order valence-corrected chi connectivity index (χ3v) is 3.82. The molecule has 3 heterocycles. The van der Waals surface area contributed by atoms with Crippen molar-refractivity contribution in [2.45, 2.75) is 38.1 Å². The van der Waals surface area contributed by atoms with Crippen LogP contribution >= 0.6 is 0 Å². The average Bonchev–Trinajstić information content (AvgIpc) is 2.82. The lowest BCUT2D eigenvalue weighted by Crippen LogP contribution is -2.26. The van der Waals surface area contributed by atoms with Crippen molar-refractivity contribution >= 4 is 5.97 Å². The lowest BCUT2D eigenvalue weighted by Gasteiger charge is -2.18. The van der Waals surface area contributed by atoms with Gasteiger partial charge in [-0.05, 0) is 19.3 Å². The second-order valence-electron chi connectivity index (χ2n) is 5.02. The van der Waals surface area contributed by atoms with E-state index in [1.165, 1.54) is 0 Å². The Hall–Kier alpha value is -1.43. The molecule has 0 aliphatic carbocycles. The van der Waals surface area contributed by atoms with Crippen molar-refractivity contribution in [3.63, 3.8) is 0 Å². The molecule has 1 atom stereocenters. The van der Waals surface area contributed by atoms with E-state index in [-0.39, 0.29) is 5.92 Å². The summed E-state index contributed by atoms with van der Waals surface area (Å²) in [5.74, 6) is 1.05. The van der Waals surface area contributed by atoms with E-state index in [4.69, 9.17) is 9.84 Å². The van der Waals surface area contributed by atoms with Crippen LogP contribution in [-0.2, 0) is 22.5 Å². The van der Waals surface area contributed by atoms with Crippen LogP contribution in [-0.4, -0.2) is 39.1 Å². The molecule has 18 heavy (non-hydrogen) atoms. The van der Waals surface area contributed by atoms with Gasteiger partial charge >= 0.3 is 5.97 Å². The molecular weight excluding hydrogens is 234 g/mol. The molecule has 1 unspecified atom stereocenters. The van der Waals surface area contributed by atoms with Crippen molar-refractivity contribution < 1.29 is 14.6 Å². The largest absolute Gasteiger partial charge is 0.481 e. The monoisotopic (exact) mass is 251 g/mol. The Labute approximate surface area is 105 Å². The van der Waals surface area contributed by atoms with E-state index in [0.717, 1.165) is 37.7 Å². The Bertz CT molecular complexity index is 451. The molecule has 6 heteroatoms. The van der Waals surface area contributed by atoms with Gasteiger partial charge in [0.15, 0.2) is 5.82 Å². The summed E-state index contributed by atoms with van der Waals surface area (Å²) in [5, 5.41) is 13.6. The van der Waals surface area contributed by atoms with Crippen LogP contribution in [0.15, 0.2) is 0 Å². The first-order valence-electron chi connectivity index (χ1n) is 6.48. The van der Waals surface area contributed by atoms with E-state index in [9.17, 15) is 4.79 Å². The number of aliphatic carboxylic acids is 1. The molecule has 3 rings (SSSR count). The van der Waals surface area contributed by atoms with Crippen LogP contribution < -0.4 is 0 Å². The Kier molecular flexibility index (Phi) is 3.03. The first-order valence-corrected chi connectivity index (χ1v) is 6.48. The summed E-state index contributed by atoms with van der Waals surface area (Å²) in [7, 11) is 0. The molecule has 1 N–H and O–H groups in total. The molecule has 2 aliphatic heterocycles. The fraction of sp³-hybridized carbons (Fsp3) is 0.750. The number of hydrogen-bond acceptors (Lipinski definition) is 4. The molecule has 0 aromatic carbocycles. The van der Waals surface area contributed by atoms with Gasteiger partial charge in [-0.1, -0.05) is 0 Å². The van der Waals surface area contributed by atoms with Gasteiger partial charge < -0.3 is 9.84 Å². The average molecular weight is 251 g/mol. The van der Waals surface area contributed by atoms with E-state index >= 15 is 0 Å². The Balaban J connectivity index is 1.78. The quantitative estimate of drug-likeness (QED) is 0.842. The van der Waals surface area contributed by atoms with Crippen LogP contribution in [0, 0.1) is 5.92 Å². The second-order valence-corrected chi connectivity index (χ2v) is 5.02. The number of aromatic nitrogens is 3. The maximum Gasteiger partial charge on any atom is 0.307 e. The lowest BCUT2D eigenvalue weighted by atomic mass is 9.98. The summed E-state index contributed by atoms with van der Waals surface area (Å²) in [4.78, 5) is 15.5. The van der Waals surface area contributed by atoms with Crippen LogP contribution in [0.2, 0.25) is 0 Å². The third-order valence-electron chi connectivity index (χ3n) is 3.82. The highest BCUT2D eigenvalue weighted by molar-refractivity contribution is 5.70. The topological polar surface area (TPSA) is 77.2 Å². The normalized spacial score (nSPS) is 24.8. The van der Waals surface area contributed by atoms with E-state index in [1.807, 2.05) is 4.68 Å². The third kappa shape index (κ3) is 2.12. The number of hydrogen-bond donors (Lipinski definition) is 1. The van der Waals surface area contributed by atoms with Gasteiger partial charge in [0.1, 0.15) is 5.82 Å². The highest BCUT2D eigenvalue weighted by atomic mass is 16.5. The van der Waals surface area contributed by atoms with Crippen molar-refractivity contribution in [3.8, 4) is 0 Å². The van der Waals surface area contributed by atoms with Crippen molar-refractivity contribution in [1.29, 1.82) is 0 Å². The van der Waals surface area contributed by atoms with Crippen molar-refractivity contribution in [3.05, 3.63) is 11.6 Å². The number of ether oxygens (including phenoxy) is 1. The van der Waals surface area contributed by atoms with Gasteiger partial charge in [0.2, 0.25) is 0 Å². The van der Waals surface area contributed by atoms with Gasteiger partial charge in [-0.25, -0.2) is 9.67 Å². The summed E-state index contributed by atoms with van der Waals surface area (Å²) in [6, 6.07) is 0. The van der Waals surface area contributed by atoms with Gasteiger partial charge in [0.25, 0.3) is 0 Å². The minimum Gasteiger partial charge on any atom is -0.481 e. The molecule has 0 radical (unpaired) electrons. The molecule has 0 spiro atoms. The van der Waals surface area contributed by atoms with Crippen LogP contribution in [0.25, 0.3) is 0 Å². The molecule has 98 valence electrons. The molecule has 1 aromatic heterocycles. The Morgan fingerprint density at radius 1 is 1.33 bits per heavy atom. The minimum absolute atomic E-state index is 0.302. The summed E-state index contributed by atoms with van der Waals surface area (Å²) < 4.78 is 7.21. The Morgan fingerprint density at radius 2 is 2.11 bits per heavy atom. The highest BCUT2D eigenvalue weighted by Crippen LogP contribution is 2.26. The van der Waals surface area contributed by atoms with Crippen molar-refractivity contribution in [1.82, 2.24) is 14.8 Å². The first kappa shape index (κ1) is 11.6. The van der Waals surface area contributed by atoms with E-state index in [1.54, 1.807) is 0 Å². The number of aryl methyl sites for hydroxylation is 1. The minimum atomic E-state index is -0.725. The highest BCUT2D eigenvalue weighted by Gasteiger charge is 2.28. The first-order chi connectivity index (χ1) is 8.74. The second kappa shape index (κ2) is 4.68. The maximum absolute atomic E-state index is 11.0. The van der Waals surface area contributed by atoms with Crippen molar-refractivity contribution in [2.24, 2.45) is 5.92 Å². The fourth-order valence-electron chi connectivity index (χ4n) is 2.66. The van der Waals surface area contributed by atoms with E-state index in [0.29, 0.717) is 25.3 Å². The van der Waals surface area contributed by atoms with E-state index in [2.05, 4.69) is 10.1 Å². The van der Waals surface area contributed by atoms with Gasteiger partial charge in [-0.2, -0.15) is 5.10 Å². The van der Waals surface area contributed by atoms with Gasteiger partial charge in [-0.15, -0.1) is 0 Å². The number of carboxylic acid groups (broad SMARTS) is 1. The summed E-state index contributed by atoms with van der Waals surface area (Å²) >= 11 is 0. The summed E-state index contributed by atoms with van der Waals surface area (Å²) in [6.45, 7) is 2.21.